The number of aryl methyl sites for hydroxylation is 1. The number of halogens is 1. The second-order valence-corrected chi connectivity index (χ2v) is 4.47. The number of hydrogen-bond acceptors (Lipinski definition) is 2. The van der Waals surface area contributed by atoms with Crippen LogP contribution in [0.5, 0.6) is 0 Å². The van der Waals surface area contributed by atoms with Crippen molar-refractivity contribution in [2.24, 2.45) is 0 Å². The normalized spacial score (nSPS) is 10.7. The fourth-order valence-electron chi connectivity index (χ4n) is 1.40. The first-order valence-electron chi connectivity index (χ1n) is 5.13. The monoisotopic (exact) mass is 271 g/mol. The lowest BCUT2D eigenvalue weighted by Crippen LogP contribution is -2.19. The molecular weight excluding hydrogens is 254 g/mol. The molecule has 0 bridgehead atoms. The van der Waals surface area contributed by atoms with Gasteiger partial charge in [-0.15, -0.1) is 0 Å². The Morgan fingerprint density at radius 1 is 1.53 bits per heavy atom. The summed E-state index contributed by atoms with van der Waals surface area (Å²) in [6, 6.07) is 0. The Balaban J connectivity index is 2.64. The number of likely N-dealkylation sites (N-methyl/N-ethyl adjacent to an activating group) is 1. The van der Waals surface area contributed by atoms with Crippen LogP contribution in [0.2, 0.25) is 0 Å². The first-order valence-corrected chi connectivity index (χ1v) is 5.92. The number of aromatic nitrogens is 2. The van der Waals surface area contributed by atoms with Crippen LogP contribution in [0.4, 0.5) is 0 Å². The fourth-order valence-corrected chi connectivity index (χ4v) is 1.68. The minimum absolute atomic E-state index is 0.783. The molecule has 1 aromatic rings. The van der Waals surface area contributed by atoms with E-state index < -0.39 is 0 Å². The van der Waals surface area contributed by atoms with Gasteiger partial charge in [0.05, 0.1) is 22.4 Å². The highest BCUT2D eigenvalue weighted by atomic mass is 79.9. The van der Waals surface area contributed by atoms with Crippen LogP contribution >= 0.6 is 15.9 Å². The average molecular weight is 272 g/mol. The van der Waals surface area contributed by atoms with Crippen molar-refractivity contribution >= 4 is 15.9 Å². The number of nitrogens with zero attached hydrogens (tertiary/aromatic N) is 2. The lowest BCUT2D eigenvalue weighted by molar-refractivity contribution is 0.625. The summed E-state index contributed by atoms with van der Waals surface area (Å²) in [5.41, 5.74) is 3.34. The smallest absolute Gasteiger partial charge is 0.0738 e. The van der Waals surface area contributed by atoms with Gasteiger partial charge in [-0.2, -0.15) is 5.10 Å². The number of hydrogen-bond donors (Lipinski definition) is 1. The maximum absolute atomic E-state index is 4.44. The highest BCUT2D eigenvalue weighted by molar-refractivity contribution is 9.10. The molecule has 0 fully saturated rings. The first kappa shape index (κ1) is 12.5. The SMILES string of the molecule is C=C(CNCC)Cn1nc(C)c(Br)c1C. The molecule has 0 aliphatic rings. The molecule has 0 saturated heterocycles. The van der Waals surface area contributed by atoms with Crippen LogP contribution in [0, 0.1) is 13.8 Å². The summed E-state index contributed by atoms with van der Waals surface area (Å²) in [4.78, 5) is 0. The molecule has 3 nitrogen and oxygen atoms in total. The van der Waals surface area contributed by atoms with Gasteiger partial charge in [-0.25, -0.2) is 0 Å². The third-order valence-electron chi connectivity index (χ3n) is 2.29. The molecule has 0 saturated carbocycles. The predicted octanol–water partition coefficient (Wildman–Crippen LogP) is 2.43. The maximum Gasteiger partial charge on any atom is 0.0738 e. The zero-order valence-corrected chi connectivity index (χ0v) is 11.2. The summed E-state index contributed by atoms with van der Waals surface area (Å²) in [6.07, 6.45) is 0. The van der Waals surface area contributed by atoms with E-state index in [1.807, 2.05) is 11.6 Å². The highest BCUT2D eigenvalue weighted by Crippen LogP contribution is 2.20. The fraction of sp³-hybridized carbons (Fsp3) is 0.545. The zero-order valence-electron chi connectivity index (χ0n) is 9.60. The van der Waals surface area contributed by atoms with Gasteiger partial charge in [-0.1, -0.05) is 13.5 Å². The molecule has 0 aliphatic heterocycles. The van der Waals surface area contributed by atoms with Gasteiger partial charge in [-0.3, -0.25) is 4.68 Å². The van der Waals surface area contributed by atoms with Gasteiger partial charge in [0.25, 0.3) is 0 Å². The standard InChI is InChI=1S/C11H18BrN3/c1-5-13-6-8(2)7-15-10(4)11(12)9(3)14-15/h13H,2,5-7H2,1,3-4H3. The Morgan fingerprint density at radius 3 is 2.67 bits per heavy atom. The van der Waals surface area contributed by atoms with Crippen LogP contribution in [0.3, 0.4) is 0 Å². The van der Waals surface area contributed by atoms with Crippen LogP contribution in [-0.4, -0.2) is 22.9 Å². The molecule has 0 aromatic carbocycles. The third kappa shape index (κ3) is 3.18. The van der Waals surface area contributed by atoms with Gasteiger partial charge in [0, 0.05) is 6.54 Å². The van der Waals surface area contributed by atoms with E-state index in [0.29, 0.717) is 0 Å². The molecule has 0 atom stereocenters. The second kappa shape index (κ2) is 5.47. The minimum atomic E-state index is 0.783. The molecule has 84 valence electrons. The van der Waals surface area contributed by atoms with Crippen LogP contribution in [-0.2, 0) is 6.54 Å². The summed E-state index contributed by atoms with van der Waals surface area (Å²) >= 11 is 3.51. The molecule has 1 aromatic heterocycles. The predicted molar refractivity (Wildman–Crippen MR) is 67.1 cm³/mol. The Bertz CT molecular complexity index is 355. The molecule has 0 aliphatic carbocycles. The van der Waals surface area contributed by atoms with Crippen molar-refractivity contribution in [2.75, 3.05) is 13.1 Å². The maximum atomic E-state index is 4.44. The van der Waals surface area contributed by atoms with E-state index in [2.05, 4.69) is 46.8 Å². The van der Waals surface area contributed by atoms with Gasteiger partial charge in [0.15, 0.2) is 0 Å². The van der Waals surface area contributed by atoms with Crippen LogP contribution in [0.15, 0.2) is 16.6 Å². The summed E-state index contributed by atoms with van der Waals surface area (Å²) in [5.74, 6) is 0. The van der Waals surface area contributed by atoms with Gasteiger partial charge in [0.1, 0.15) is 0 Å². The lowest BCUT2D eigenvalue weighted by atomic mass is 10.3. The Labute approximate surface area is 99.7 Å². The summed E-state index contributed by atoms with van der Waals surface area (Å²) in [6.45, 7) is 12.8. The molecule has 1 rings (SSSR count). The molecule has 1 heterocycles. The Morgan fingerprint density at radius 2 is 2.20 bits per heavy atom. The lowest BCUT2D eigenvalue weighted by Gasteiger charge is -2.08. The van der Waals surface area contributed by atoms with Crippen molar-refractivity contribution in [3.63, 3.8) is 0 Å². The quantitative estimate of drug-likeness (QED) is 0.834. The van der Waals surface area contributed by atoms with E-state index in [0.717, 1.165) is 41.1 Å². The van der Waals surface area contributed by atoms with E-state index in [9.17, 15) is 0 Å². The van der Waals surface area contributed by atoms with Gasteiger partial charge >= 0.3 is 0 Å². The Hall–Kier alpha value is -0.610. The van der Waals surface area contributed by atoms with Crippen LogP contribution < -0.4 is 5.32 Å². The largest absolute Gasteiger partial charge is 0.313 e. The van der Waals surface area contributed by atoms with Gasteiger partial charge in [0.2, 0.25) is 0 Å². The molecule has 0 radical (unpaired) electrons. The first-order chi connectivity index (χ1) is 7.06. The van der Waals surface area contributed by atoms with Crippen LogP contribution in [0.1, 0.15) is 18.3 Å². The van der Waals surface area contributed by atoms with Crippen molar-refractivity contribution in [2.45, 2.75) is 27.3 Å². The van der Waals surface area contributed by atoms with Crippen molar-refractivity contribution in [1.29, 1.82) is 0 Å². The topological polar surface area (TPSA) is 29.9 Å². The number of rotatable bonds is 5. The summed E-state index contributed by atoms with van der Waals surface area (Å²) in [7, 11) is 0. The molecular formula is C11H18BrN3. The molecule has 0 unspecified atom stereocenters. The summed E-state index contributed by atoms with van der Waals surface area (Å²) in [5, 5.41) is 7.70. The number of nitrogens with one attached hydrogen (secondary N) is 1. The van der Waals surface area contributed by atoms with E-state index in [1.54, 1.807) is 0 Å². The van der Waals surface area contributed by atoms with E-state index in [1.165, 1.54) is 0 Å². The van der Waals surface area contributed by atoms with Gasteiger partial charge < -0.3 is 5.32 Å². The average Bonchev–Trinajstić information content (AvgIpc) is 2.43. The van der Waals surface area contributed by atoms with E-state index in [4.69, 9.17) is 0 Å². The van der Waals surface area contributed by atoms with Crippen molar-refractivity contribution in [1.82, 2.24) is 15.1 Å². The molecule has 15 heavy (non-hydrogen) atoms. The molecule has 1 N–H and O–H groups in total. The van der Waals surface area contributed by atoms with E-state index in [-0.39, 0.29) is 0 Å². The minimum Gasteiger partial charge on any atom is -0.313 e. The van der Waals surface area contributed by atoms with Crippen molar-refractivity contribution < 1.29 is 0 Å². The molecule has 0 spiro atoms. The summed E-state index contributed by atoms with van der Waals surface area (Å²) < 4.78 is 3.08. The van der Waals surface area contributed by atoms with E-state index >= 15 is 0 Å². The zero-order chi connectivity index (χ0) is 11.4. The molecule has 4 heteroatoms. The van der Waals surface area contributed by atoms with Crippen molar-refractivity contribution in [3.8, 4) is 0 Å². The Kier molecular flexibility index (Phi) is 4.54. The molecule has 0 amide bonds. The van der Waals surface area contributed by atoms with Crippen molar-refractivity contribution in [3.05, 3.63) is 28.0 Å². The third-order valence-corrected chi connectivity index (χ3v) is 3.44. The van der Waals surface area contributed by atoms with Crippen LogP contribution in [0.25, 0.3) is 0 Å². The highest BCUT2D eigenvalue weighted by Gasteiger charge is 2.08. The van der Waals surface area contributed by atoms with Gasteiger partial charge in [-0.05, 0) is 41.9 Å². The second-order valence-electron chi connectivity index (χ2n) is 3.67.